The molecule has 7 heteroatoms. The summed E-state index contributed by atoms with van der Waals surface area (Å²) in [4.78, 5) is 15.8. The molecule has 1 aromatic heterocycles. The standard InChI is InChI=1S/C14H14BrN3O2S/c1-2-8-16-11-4-3-5-12(14(11)18(19)20)21-13-7-6-10(15)9-17-13/h3-7,9,16H,2,8H2,1H3. The largest absolute Gasteiger partial charge is 0.379 e. The maximum atomic E-state index is 11.4. The number of para-hydroxylation sites is 1. The molecule has 0 amide bonds. The number of halogens is 1. The van der Waals surface area contributed by atoms with Crippen molar-refractivity contribution in [2.24, 2.45) is 0 Å². The SMILES string of the molecule is CCCNc1cccc(Sc2ccc(Br)cn2)c1[N+](=O)[O-]. The van der Waals surface area contributed by atoms with E-state index >= 15 is 0 Å². The average Bonchev–Trinajstić information content (AvgIpc) is 2.47. The quantitative estimate of drug-likeness (QED) is 0.590. The zero-order chi connectivity index (χ0) is 15.2. The van der Waals surface area contributed by atoms with Gasteiger partial charge >= 0.3 is 5.69 Å². The van der Waals surface area contributed by atoms with Gasteiger partial charge in [-0.15, -0.1) is 0 Å². The molecule has 0 bridgehead atoms. The van der Waals surface area contributed by atoms with Crippen LogP contribution in [0.3, 0.4) is 0 Å². The van der Waals surface area contributed by atoms with Gasteiger partial charge in [-0.3, -0.25) is 10.1 Å². The van der Waals surface area contributed by atoms with Crippen LogP contribution in [0.2, 0.25) is 0 Å². The first kappa shape index (κ1) is 15.8. The van der Waals surface area contributed by atoms with E-state index in [9.17, 15) is 10.1 Å². The number of nitrogens with one attached hydrogen (secondary N) is 1. The second-order valence-electron chi connectivity index (χ2n) is 4.25. The first-order valence-corrected chi connectivity index (χ1v) is 8.03. The van der Waals surface area contributed by atoms with E-state index in [-0.39, 0.29) is 10.6 Å². The Morgan fingerprint density at radius 2 is 2.19 bits per heavy atom. The van der Waals surface area contributed by atoms with Gasteiger partial charge in [-0.05, 0) is 46.6 Å². The van der Waals surface area contributed by atoms with Crippen LogP contribution in [0.1, 0.15) is 13.3 Å². The van der Waals surface area contributed by atoms with Crippen LogP contribution in [-0.2, 0) is 0 Å². The molecule has 0 spiro atoms. The molecule has 1 N–H and O–H groups in total. The maximum Gasteiger partial charge on any atom is 0.306 e. The molecule has 0 atom stereocenters. The number of hydrogen-bond donors (Lipinski definition) is 1. The Morgan fingerprint density at radius 1 is 1.38 bits per heavy atom. The number of nitrogens with zero attached hydrogens (tertiary/aromatic N) is 2. The normalized spacial score (nSPS) is 10.4. The van der Waals surface area contributed by atoms with Crippen LogP contribution in [0.25, 0.3) is 0 Å². The van der Waals surface area contributed by atoms with Crippen molar-refractivity contribution in [3.63, 3.8) is 0 Å². The molecule has 0 fully saturated rings. The lowest BCUT2D eigenvalue weighted by atomic mass is 10.2. The van der Waals surface area contributed by atoms with Gasteiger partial charge in [-0.1, -0.05) is 24.8 Å². The second kappa shape index (κ2) is 7.42. The third-order valence-electron chi connectivity index (χ3n) is 2.66. The molecular weight excluding hydrogens is 354 g/mol. The van der Waals surface area contributed by atoms with Crippen LogP contribution in [0.4, 0.5) is 11.4 Å². The highest BCUT2D eigenvalue weighted by atomic mass is 79.9. The number of hydrogen-bond acceptors (Lipinski definition) is 5. The van der Waals surface area contributed by atoms with Gasteiger partial charge in [0.25, 0.3) is 0 Å². The second-order valence-corrected chi connectivity index (χ2v) is 6.23. The van der Waals surface area contributed by atoms with Crippen molar-refractivity contribution in [3.05, 3.63) is 51.1 Å². The predicted molar refractivity (Wildman–Crippen MR) is 87.9 cm³/mol. The van der Waals surface area contributed by atoms with Crippen LogP contribution < -0.4 is 5.32 Å². The number of pyridine rings is 1. The van der Waals surface area contributed by atoms with Crippen LogP contribution in [0.15, 0.2) is 50.9 Å². The van der Waals surface area contributed by atoms with E-state index < -0.39 is 0 Å². The number of anilines is 1. The van der Waals surface area contributed by atoms with Crippen LogP contribution in [0, 0.1) is 10.1 Å². The Bertz CT molecular complexity index is 635. The van der Waals surface area contributed by atoms with E-state index in [1.165, 1.54) is 11.8 Å². The lowest BCUT2D eigenvalue weighted by Crippen LogP contribution is -2.04. The van der Waals surface area contributed by atoms with E-state index in [0.717, 1.165) is 10.9 Å². The molecule has 1 heterocycles. The zero-order valence-corrected chi connectivity index (χ0v) is 13.8. The van der Waals surface area contributed by atoms with Gasteiger partial charge in [0.15, 0.2) is 0 Å². The van der Waals surface area contributed by atoms with Crippen LogP contribution in [0.5, 0.6) is 0 Å². The van der Waals surface area contributed by atoms with Crippen LogP contribution >= 0.6 is 27.7 Å². The van der Waals surface area contributed by atoms with Crippen molar-refractivity contribution in [2.45, 2.75) is 23.3 Å². The third kappa shape index (κ3) is 4.18. The van der Waals surface area contributed by atoms with E-state index in [2.05, 4.69) is 26.2 Å². The average molecular weight is 368 g/mol. The van der Waals surface area contributed by atoms with Crippen molar-refractivity contribution in [3.8, 4) is 0 Å². The molecule has 1 aromatic carbocycles. The van der Waals surface area contributed by atoms with Gasteiger partial charge < -0.3 is 5.32 Å². The summed E-state index contributed by atoms with van der Waals surface area (Å²) in [5, 5.41) is 15.2. The summed E-state index contributed by atoms with van der Waals surface area (Å²) < 4.78 is 0.875. The third-order valence-corrected chi connectivity index (χ3v) is 4.13. The lowest BCUT2D eigenvalue weighted by Gasteiger charge is -2.09. The van der Waals surface area contributed by atoms with Gasteiger partial charge in [-0.25, -0.2) is 4.98 Å². The molecule has 0 radical (unpaired) electrons. The monoisotopic (exact) mass is 367 g/mol. The van der Waals surface area contributed by atoms with Gasteiger partial charge in [0, 0.05) is 17.2 Å². The number of nitro groups is 1. The number of benzene rings is 1. The first-order valence-electron chi connectivity index (χ1n) is 6.42. The fourth-order valence-corrected chi connectivity index (χ4v) is 2.86. The minimum absolute atomic E-state index is 0.0978. The minimum Gasteiger partial charge on any atom is -0.379 e. The summed E-state index contributed by atoms with van der Waals surface area (Å²) in [5.74, 6) is 0. The summed E-state index contributed by atoms with van der Waals surface area (Å²) in [7, 11) is 0. The van der Waals surface area contributed by atoms with Crippen molar-refractivity contribution in [1.82, 2.24) is 4.98 Å². The van der Waals surface area contributed by atoms with E-state index in [1.54, 1.807) is 18.3 Å². The Kier molecular flexibility index (Phi) is 5.58. The van der Waals surface area contributed by atoms with E-state index in [4.69, 9.17) is 0 Å². The Labute approximate surface area is 135 Å². The summed E-state index contributed by atoms with van der Waals surface area (Å²) >= 11 is 4.60. The molecule has 21 heavy (non-hydrogen) atoms. The molecule has 0 saturated carbocycles. The Hall–Kier alpha value is -1.60. The van der Waals surface area contributed by atoms with Gasteiger partial charge in [0.05, 0.1) is 9.82 Å². The van der Waals surface area contributed by atoms with Crippen LogP contribution in [-0.4, -0.2) is 16.5 Å². The highest BCUT2D eigenvalue weighted by molar-refractivity contribution is 9.10. The van der Waals surface area contributed by atoms with Crippen molar-refractivity contribution in [1.29, 1.82) is 0 Å². The molecule has 110 valence electrons. The molecule has 0 aliphatic carbocycles. The van der Waals surface area contributed by atoms with Crippen molar-refractivity contribution >= 4 is 39.1 Å². The maximum absolute atomic E-state index is 11.4. The van der Waals surface area contributed by atoms with Gasteiger partial charge in [-0.2, -0.15) is 0 Å². The summed E-state index contributed by atoms with van der Waals surface area (Å²) in [6.45, 7) is 2.72. The fraction of sp³-hybridized carbons (Fsp3) is 0.214. The predicted octanol–water partition coefficient (Wildman–Crippen LogP) is 4.73. The Morgan fingerprint density at radius 3 is 2.81 bits per heavy atom. The number of aromatic nitrogens is 1. The fourth-order valence-electron chi connectivity index (χ4n) is 1.73. The molecule has 0 unspecified atom stereocenters. The van der Waals surface area contributed by atoms with Crippen molar-refractivity contribution in [2.75, 3.05) is 11.9 Å². The lowest BCUT2D eigenvalue weighted by molar-refractivity contribution is -0.386. The van der Waals surface area contributed by atoms with E-state index in [1.807, 2.05) is 25.1 Å². The Balaban J connectivity index is 2.33. The van der Waals surface area contributed by atoms with Gasteiger partial charge in [0.2, 0.25) is 0 Å². The smallest absolute Gasteiger partial charge is 0.306 e. The summed E-state index contributed by atoms with van der Waals surface area (Å²) in [6, 6.07) is 8.97. The summed E-state index contributed by atoms with van der Waals surface area (Å²) in [6.07, 6.45) is 2.58. The highest BCUT2D eigenvalue weighted by Crippen LogP contribution is 2.38. The first-order chi connectivity index (χ1) is 10.1. The molecule has 5 nitrogen and oxygen atoms in total. The zero-order valence-electron chi connectivity index (χ0n) is 11.4. The molecular formula is C14H14BrN3O2S. The summed E-state index contributed by atoms with van der Waals surface area (Å²) in [5.41, 5.74) is 0.643. The molecule has 0 saturated heterocycles. The van der Waals surface area contributed by atoms with E-state index in [0.29, 0.717) is 22.2 Å². The molecule has 0 aliphatic rings. The molecule has 2 aromatic rings. The number of nitro benzene ring substituents is 1. The topological polar surface area (TPSA) is 68.1 Å². The minimum atomic E-state index is -0.348. The number of rotatable bonds is 6. The van der Waals surface area contributed by atoms with Gasteiger partial charge in [0.1, 0.15) is 10.7 Å². The van der Waals surface area contributed by atoms with Crippen molar-refractivity contribution < 1.29 is 4.92 Å². The molecule has 0 aliphatic heterocycles. The molecule has 2 rings (SSSR count). The highest BCUT2D eigenvalue weighted by Gasteiger charge is 2.20.